The zero-order valence-electron chi connectivity index (χ0n) is 10.4. The highest BCUT2D eigenvalue weighted by atomic mass is 19.2. The number of rotatable bonds is 3. The van der Waals surface area contributed by atoms with Gasteiger partial charge in [-0.2, -0.15) is 0 Å². The van der Waals surface area contributed by atoms with E-state index in [2.05, 4.69) is 5.32 Å². The molecular formula is C13H14F3NO2. The normalized spacial score (nSPS) is 20.3. The van der Waals surface area contributed by atoms with Crippen LogP contribution < -0.4 is 5.32 Å². The summed E-state index contributed by atoms with van der Waals surface area (Å²) >= 11 is 0. The summed E-state index contributed by atoms with van der Waals surface area (Å²) in [5, 5.41) is 2.59. The summed E-state index contributed by atoms with van der Waals surface area (Å²) in [5.41, 5.74) is -0.249. The third-order valence-electron chi connectivity index (χ3n) is 3.13. The largest absolute Gasteiger partial charge is 0.376 e. The minimum absolute atomic E-state index is 0.0981. The van der Waals surface area contributed by atoms with Gasteiger partial charge in [-0.25, -0.2) is 13.2 Å². The fraction of sp³-hybridized carbons (Fsp3) is 0.462. The molecule has 1 heterocycles. The van der Waals surface area contributed by atoms with Crippen LogP contribution in [0.2, 0.25) is 0 Å². The Balaban J connectivity index is 2.07. The second kappa shape index (κ2) is 5.61. The molecule has 0 radical (unpaired) electrons. The van der Waals surface area contributed by atoms with E-state index in [-0.39, 0.29) is 17.7 Å². The average Bonchev–Trinajstić information content (AvgIpc) is 2.89. The third kappa shape index (κ3) is 3.07. The molecule has 2 unspecified atom stereocenters. The molecule has 1 N–H and O–H groups in total. The number of benzene rings is 1. The lowest BCUT2D eigenvalue weighted by Gasteiger charge is -2.20. The van der Waals surface area contributed by atoms with Crippen molar-refractivity contribution >= 4 is 5.91 Å². The standard InChI is InChI=1S/C13H14F3NO2/c1-7(11-3-2-4-19-11)17-13(18)8-5-9(14)12(16)10(15)6-8/h5-7,11H,2-4H2,1H3,(H,17,18). The topological polar surface area (TPSA) is 38.3 Å². The Kier molecular flexibility index (Phi) is 4.09. The van der Waals surface area contributed by atoms with Crippen molar-refractivity contribution in [3.8, 4) is 0 Å². The van der Waals surface area contributed by atoms with Crippen molar-refractivity contribution in [1.29, 1.82) is 0 Å². The van der Waals surface area contributed by atoms with E-state index in [0.29, 0.717) is 18.7 Å². The SMILES string of the molecule is CC(NC(=O)c1cc(F)c(F)c(F)c1)C1CCCO1. The van der Waals surface area contributed by atoms with Crippen LogP contribution in [0.15, 0.2) is 12.1 Å². The van der Waals surface area contributed by atoms with E-state index in [9.17, 15) is 18.0 Å². The summed E-state index contributed by atoms with van der Waals surface area (Å²) < 4.78 is 44.2. The maximum atomic E-state index is 13.0. The predicted molar refractivity (Wildman–Crippen MR) is 62.2 cm³/mol. The van der Waals surface area contributed by atoms with E-state index >= 15 is 0 Å². The molecule has 1 aromatic rings. The second-order valence-corrected chi connectivity index (χ2v) is 4.57. The molecule has 1 aliphatic rings. The van der Waals surface area contributed by atoms with Crippen molar-refractivity contribution in [3.63, 3.8) is 0 Å². The monoisotopic (exact) mass is 273 g/mol. The highest BCUT2D eigenvalue weighted by Crippen LogP contribution is 2.17. The van der Waals surface area contributed by atoms with Crippen molar-refractivity contribution in [2.24, 2.45) is 0 Å². The molecule has 19 heavy (non-hydrogen) atoms. The van der Waals surface area contributed by atoms with Crippen molar-refractivity contribution in [2.75, 3.05) is 6.61 Å². The van der Waals surface area contributed by atoms with E-state index in [1.54, 1.807) is 6.92 Å². The van der Waals surface area contributed by atoms with Crippen LogP contribution in [0, 0.1) is 17.5 Å². The van der Waals surface area contributed by atoms with Crippen molar-refractivity contribution < 1.29 is 22.7 Å². The molecule has 6 heteroatoms. The fourth-order valence-electron chi connectivity index (χ4n) is 2.07. The zero-order valence-corrected chi connectivity index (χ0v) is 10.4. The fourth-order valence-corrected chi connectivity index (χ4v) is 2.07. The van der Waals surface area contributed by atoms with Crippen molar-refractivity contribution in [2.45, 2.75) is 31.9 Å². The lowest BCUT2D eigenvalue weighted by molar-refractivity contribution is 0.0712. The summed E-state index contributed by atoms with van der Waals surface area (Å²) in [5.74, 6) is -4.99. The van der Waals surface area contributed by atoms with Gasteiger partial charge in [0, 0.05) is 12.2 Å². The van der Waals surface area contributed by atoms with Gasteiger partial charge in [0.05, 0.1) is 12.1 Å². The van der Waals surface area contributed by atoms with E-state index in [4.69, 9.17) is 4.74 Å². The Labute approximate surface area is 108 Å². The molecule has 0 aromatic heterocycles. The highest BCUT2D eigenvalue weighted by molar-refractivity contribution is 5.94. The number of carbonyl (C=O) groups is 1. The molecule has 3 nitrogen and oxygen atoms in total. The Hall–Kier alpha value is -1.56. The predicted octanol–water partition coefficient (Wildman–Crippen LogP) is 2.40. The summed E-state index contributed by atoms with van der Waals surface area (Å²) in [6.45, 7) is 2.40. The van der Waals surface area contributed by atoms with Crippen LogP contribution in [0.5, 0.6) is 0 Å². The van der Waals surface area contributed by atoms with Crippen LogP contribution in [0.4, 0.5) is 13.2 Å². The number of carbonyl (C=O) groups excluding carboxylic acids is 1. The van der Waals surface area contributed by atoms with E-state index in [1.165, 1.54) is 0 Å². The first-order valence-electron chi connectivity index (χ1n) is 6.06. The Morgan fingerprint density at radius 3 is 2.53 bits per heavy atom. The maximum absolute atomic E-state index is 13.0. The first-order chi connectivity index (χ1) is 8.99. The summed E-state index contributed by atoms with van der Waals surface area (Å²) in [7, 11) is 0. The number of hydrogen-bond donors (Lipinski definition) is 1. The number of amides is 1. The number of ether oxygens (including phenoxy) is 1. The summed E-state index contributed by atoms with van der Waals surface area (Å²) in [6.07, 6.45) is 1.65. The van der Waals surface area contributed by atoms with Gasteiger partial charge < -0.3 is 10.1 Å². The molecule has 0 spiro atoms. The lowest BCUT2D eigenvalue weighted by Crippen LogP contribution is -2.40. The van der Waals surface area contributed by atoms with Crippen LogP contribution in [-0.2, 0) is 4.74 Å². The van der Waals surface area contributed by atoms with Gasteiger partial charge in [-0.15, -0.1) is 0 Å². The molecule has 1 aromatic carbocycles. The third-order valence-corrected chi connectivity index (χ3v) is 3.13. The molecule has 1 amide bonds. The minimum Gasteiger partial charge on any atom is -0.376 e. The van der Waals surface area contributed by atoms with Gasteiger partial charge in [0.25, 0.3) is 5.91 Å². The first-order valence-corrected chi connectivity index (χ1v) is 6.06. The highest BCUT2D eigenvalue weighted by Gasteiger charge is 2.24. The molecule has 0 bridgehead atoms. The van der Waals surface area contributed by atoms with Crippen LogP contribution >= 0.6 is 0 Å². The van der Waals surface area contributed by atoms with Crippen LogP contribution in [0.1, 0.15) is 30.1 Å². The Morgan fingerprint density at radius 1 is 1.37 bits per heavy atom. The second-order valence-electron chi connectivity index (χ2n) is 4.57. The minimum atomic E-state index is -1.58. The van der Waals surface area contributed by atoms with Gasteiger partial charge >= 0.3 is 0 Å². The average molecular weight is 273 g/mol. The molecule has 0 aliphatic carbocycles. The van der Waals surface area contributed by atoms with E-state index in [0.717, 1.165) is 12.8 Å². The van der Waals surface area contributed by atoms with Gasteiger partial charge in [-0.1, -0.05) is 0 Å². The van der Waals surface area contributed by atoms with Gasteiger partial charge in [-0.3, -0.25) is 4.79 Å². The van der Waals surface area contributed by atoms with Crippen molar-refractivity contribution in [3.05, 3.63) is 35.1 Å². The van der Waals surface area contributed by atoms with Crippen LogP contribution in [-0.4, -0.2) is 24.7 Å². The molecule has 0 saturated carbocycles. The summed E-state index contributed by atoms with van der Waals surface area (Å²) in [4.78, 5) is 11.8. The summed E-state index contributed by atoms with van der Waals surface area (Å²) in [6, 6.07) is 1.08. The Bertz CT molecular complexity index is 464. The zero-order chi connectivity index (χ0) is 14.0. The van der Waals surface area contributed by atoms with Crippen molar-refractivity contribution in [1.82, 2.24) is 5.32 Å². The van der Waals surface area contributed by atoms with Gasteiger partial charge in [0.1, 0.15) is 0 Å². The molecule has 2 atom stereocenters. The molecule has 104 valence electrons. The Morgan fingerprint density at radius 2 is 2.00 bits per heavy atom. The number of nitrogens with one attached hydrogen (secondary N) is 1. The lowest BCUT2D eigenvalue weighted by atomic mass is 10.1. The molecule has 1 fully saturated rings. The number of hydrogen-bond acceptors (Lipinski definition) is 2. The smallest absolute Gasteiger partial charge is 0.251 e. The van der Waals surface area contributed by atoms with Crippen LogP contribution in [0.25, 0.3) is 0 Å². The van der Waals surface area contributed by atoms with Gasteiger partial charge in [0.15, 0.2) is 17.5 Å². The maximum Gasteiger partial charge on any atom is 0.251 e. The van der Waals surface area contributed by atoms with Gasteiger partial charge in [0.2, 0.25) is 0 Å². The molecule has 2 rings (SSSR count). The van der Waals surface area contributed by atoms with Crippen LogP contribution in [0.3, 0.4) is 0 Å². The molecule has 1 saturated heterocycles. The molecular weight excluding hydrogens is 259 g/mol. The van der Waals surface area contributed by atoms with Gasteiger partial charge in [-0.05, 0) is 31.9 Å². The van der Waals surface area contributed by atoms with E-state index in [1.807, 2.05) is 0 Å². The molecule has 1 aliphatic heterocycles. The quantitative estimate of drug-likeness (QED) is 0.859. The van der Waals surface area contributed by atoms with E-state index < -0.39 is 23.4 Å². The number of halogens is 3. The first kappa shape index (κ1) is 13.9.